The lowest BCUT2D eigenvalue weighted by atomic mass is 10.1. The third-order valence-corrected chi connectivity index (χ3v) is 4.10. The molecule has 0 saturated heterocycles. The molecule has 1 atom stereocenters. The Morgan fingerprint density at radius 2 is 1.85 bits per heavy atom. The van der Waals surface area contributed by atoms with E-state index in [1.807, 2.05) is 0 Å². The zero-order chi connectivity index (χ0) is 14.8. The van der Waals surface area contributed by atoms with Crippen LogP contribution in [-0.4, -0.2) is 15.8 Å². The van der Waals surface area contributed by atoms with E-state index in [0.29, 0.717) is 12.1 Å². The molecule has 0 aliphatic rings. The van der Waals surface area contributed by atoms with Gasteiger partial charge in [0.05, 0.1) is 11.7 Å². The van der Waals surface area contributed by atoms with Gasteiger partial charge in [0, 0.05) is 18.8 Å². The van der Waals surface area contributed by atoms with Crippen LogP contribution in [0.25, 0.3) is 0 Å². The first-order valence-electron chi connectivity index (χ1n) is 8.52. The zero-order valence-electron chi connectivity index (χ0n) is 13.9. The normalized spacial score (nSPS) is 13.1. The minimum atomic E-state index is 0.551. The number of nitrogens with zero attached hydrogens (tertiary/aromatic N) is 2. The van der Waals surface area contributed by atoms with Crippen molar-refractivity contribution < 1.29 is 0 Å². The van der Waals surface area contributed by atoms with Gasteiger partial charge < -0.3 is 5.32 Å². The van der Waals surface area contributed by atoms with Crippen molar-refractivity contribution in [1.82, 2.24) is 15.1 Å². The molecule has 116 valence electrons. The lowest BCUT2D eigenvalue weighted by Gasteiger charge is -2.17. The van der Waals surface area contributed by atoms with Crippen LogP contribution in [-0.2, 0) is 6.54 Å². The topological polar surface area (TPSA) is 29.9 Å². The molecule has 3 heteroatoms. The third kappa shape index (κ3) is 5.66. The van der Waals surface area contributed by atoms with E-state index in [9.17, 15) is 0 Å². The van der Waals surface area contributed by atoms with E-state index in [4.69, 9.17) is 5.10 Å². The van der Waals surface area contributed by atoms with Crippen molar-refractivity contribution in [3.63, 3.8) is 0 Å². The van der Waals surface area contributed by atoms with Gasteiger partial charge in [-0.2, -0.15) is 5.10 Å². The molecule has 0 bridgehead atoms. The van der Waals surface area contributed by atoms with Gasteiger partial charge in [-0.15, -0.1) is 0 Å². The Labute approximate surface area is 125 Å². The Morgan fingerprint density at radius 3 is 2.45 bits per heavy atom. The minimum absolute atomic E-state index is 0.551. The third-order valence-electron chi connectivity index (χ3n) is 4.10. The monoisotopic (exact) mass is 279 g/mol. The van der Waals surface area contributed by atoms with Crippen molar-refractivity contribution in [3.05, 3.63) is 18.0 Å². The molecule has 3 nitrogen and oxygen atoms in total. The molecule has 0 fully saturated rings. The van der Waals surface area contributed by atoms with Crippen LogP contribution >= 0.6 is 0 Å². The molecule has 20 heavy (non-hydrogen) atoms. The predicted octanol–water partition coefficient (Wildman–Crippen LogP) is 4.69. The summed E-state index contributed by atoms with van der Waals surface area (Å²) < 4.78 is 2.14. The summed E-state index contributed by atoms with van der Waals surface area (Å²) in [6.45, 7) is 9.90. The maximum Gasteiger partial charge on any atom is 0.0762 e. The van der Waals surface area contributed by atoms with E-state index in [1.54, 1.807) is 0 Å². The Morgan fingerprint density at radius 1 is 1.10 bits per heavy atom. The number of nitrogens with one attached hydrogen (secondary N) is 1. The van der Waals surface area contributed by atoms with Gasteiger partial charge >= 0.3 is 0 Å². The highest BCUT2D eigenvalue weighted by molar-refractivity contribution is 4.99. The van der Waals surface area contributed by atoms with Crippen molar-refractivity contribution in [2.24, 2.45) is 0 Å². The summed E-state index contributed by atoms with van der Waals surface area (Å²) in [4.78, 5) is 0. The Hall–Kier alpha value is -0.830. The Bertz CT molecular complexity index is 342. The van der Waals surface area contributed by atoms with Gasteiger partial charge in [0.2, 0.25) is 0 Å². The van der Waals surface area contributed by atoms with Crippen molar-refractivity contribution in [3.8, 4) is 0 Å². The van der Waals surface area contributed by atoms with E-state index < -0.39 is 0 Å². The second-order valence-electron chi connectivity index (χ2n) is 5.77. The molecule has 1 aromatic heterocycles. The van der Waals surface area contributed by atoms with E-state index in [2.05, 4.69) is 50.0 Å². The predicted molar refractivity (Wildman–Crippen MR) is 86.9 cm³/mol. The zero-order valence-corrected chi connectivity index (χ0v) is 13.9. The van der Waals surface area contributed by atoms with Crippen LogP contribution in [0, 0.1) is 0 Å². The lowest BCUT2D eigenvalue weighted by Crippen LogP contribution is -2.28. The molecule has 1 heterocycles. The van der Waals surface area contributed by atoms with Gasteiger partial charge in [-0.1, -0.05) is 47.0 Å². The summed E-state index contributed by atoms with van der Waals surface area (Å²) in [7, 11) is 0. The first-order valence-corrected chi connectivity index (χ1v) is 8.52. The smallest absolute Gasteiger partial charge is 0.0762 e. The molecule has 0 amide bonds. The van der Waals surface area contributed by atoms with Gasteiger partial charge in [0.25, 0.3) is 0 Å². The van der Waals surface area contributed by atoms with E-state index in [1.165, 1.54) is 37.8 Å². The van der Waals surface area contributed by atoms with Crippen LogP contribution in [0.15, 0.2) is 12.3 Å². The number of rotatable bonds is 11. The second kappa shape index (κ2) is 9.98. The maximum absolute atomic E-state index is 4.72. The van der Waals surface area contributed by atoms with E-state index in [-0.39, 0.29) is 0 Å². The van der Waals surface area contributed by atoms with Gasteiger partial charge in [-0.05, 0) is 31.7 Å². The molecular weight excluding hydrogens is 246 g/mol. The van der Waals surface area contributed by atoms with E-state index in [0.717, 1.165) is 19.4 Å². The van der Waals surface area contributed by atoms with Crippen LogP contribution in [0.2, 0.25) is 0 Å². The van der Waals surface area contributed by atoms with Crippen LogP contribution in [0.1, 0.15) is 84.4 Å². The minimum Gasteiger partial charge on any atom is -0.308 e. The van der Waals surface area contributed by atoms with E-state index >= 15 is 0 Å². The molecule has 1 aromatic rings. The molecule has 1 unspecified atom stereocenters. The van der Waals surface area contributed by atoms with Crippen molar-refractivity contribution in [2.45, 2.75) is 91.3 Å². The van der Waals surface area contributed by atoms with Crippen LogP contribution in [0.4, 0.5) is 0 Å². The van der Waals surface area contributed by atoms with Gasteiger partial charge in [-0.3, -0.25) is 4.68 Å². The molecule has 0 spiro atoms. The van der Waals surface area contributed by atoms with Crippen molar-refractivity contribution >= 4 is 0 Å². The molecule has 0 saturated carbocycles. The molecule has 0 aromatic carbocycles. The summed E-state index contributed by atoms with van der Waals surface area (Å²) in [5, 5.41) is 8.40. The second-order valence-corrected chi connectivity index (χ2v) is 5.77. The molecule has 1 rings (SSSR count). The largest absolute Gasteiger partial charge is 0.308 e. The summed E-state index contributed by atoms with van der Waals surface area (Å²) in [5.41, 5.74) is 1.18. The first kappa shape index (κ1) is 17.2. The number of unbranched alkanes of at least 4 members (excludes halogenated alkanes) is 1. The first-order chi connectivity index (χ1) is 9.74. The molecular formula is C17H33N3. The van der Waals surface area contributed by atoms with Crippen LogP contribution in [0.3, 0.4) is 0 Å². The number of aromatic nitrogens is 2. The lowest BCUT2D eigenvalue weighted by molar-refractivity contribution is 0.411. The molecule has 0 aliphatic carbocycles. The fraction of sp³-hybridized carbons (Fsp3) is 0.824. The highest BCUT2D eigenvalue weighted by Crippen LogP contribution is 2.14. The summed E-state index contributed by atoms with van der Waals surface area (Å²) in [6, 6.07) is 3.36. The quantitative estimate of drug-likeness (QED) is 0.636. The average Bonchev–Trinajstić information content (AvgIpc) is 2.92. The summed E-state index contributed by atoms with van der Waals surface area (Å²) in [6.07, 6.45) is 10.9. The van der Waals surface area contributed by atoms with Crippen LogP contribution in [0.5, 0.6) is 0 Å². The fourth-order valence-corrected chi connectivity index (χ4v) is 2.73. The summed E-state index contributed by atoms with van der Waals surface area (Å²) >= 11 is 0. The Kier molecular flexibility index (Phi) is 8.59. The number of hydrogen-bond donors (Lipinski definition) is 1. The Balaban J connectivity index is 2.46. The van der Waals surface area contributed by atoms with Gasteiger partial charge in [0.15, 0.2) is 0 Å². The van der Waals surface area contributed by atoms with Crippen LogP contribution < -0.4 is 5.32 Å². The van der Waals surface area contributed by atoms with Gasteiger partial charge in [0.1, 0.15) is 0 Å². The highest BCUT2D eigenvalue weighted by Gasteiger charge is 2.10. The number of hydrogen-bond acceptors (Lipinski definition) is 2. The molecule has 1 N–H and O–H groups in total. The highest BCUT2D eigenvalue weighted by atomic mass is 15.3. The SMILES string of the molecule is CCCCC(CCC)NCc1ccn(C(CC)CC)n1. The summed E-state index contributed by atoms with van der Waals surface area (Å²) in [5.74, 6) is 0. The average molecular weight is 279 g/mol. The fourth-order valence-electron chi connectivity index (χ4n) is 2.73. The van der Waals surface area contributed by atoms with Gasteiger partial charge in [-0.25, -0.2) is 0 Å². The van der Waals surface area contributed by atoms with Crippen molar-refractivity contribution in [1.29, 1.82) is 0 Å². The van der Waals surface area contributed by atoms with Crippen molar-refractivity contribution in [2.75, 3.05) is 0 Å². The molecule has 0 radical (unpaired) electrons. The molecule has 0 aliphatic heterocycles. The standard InChI is InChI=1S/C17H33N3/c1-5-9-11-15(10-6-2)18-14-16-12-13-20(19-16)17(7-3)8-4/h12-13,15,17-18H,5-11,14H2,1-4H3. The maximum atomic E-state index is 4.72.